The van der Waals surface area contributed by atoms with E-state index in [1.54, 1.807) is 0 Å². The average Bonchev–Trinajstić information content (AvgIpc) is 2.85. The van der Waals surface area contributed by atoms with Gasteiger partial charge in [-0.3, -0.25) is 0 Å². The van der Waals surface area contributed by atoms with E-state index in [4.69, 9.17) is 10.5 Å². The molecular formula is C13H20BrN5OSi. The number of halogens is 1. The van der Waals surface area contributed by atoms with Crippen molar-refractivity contribution in [2.24, 2.45) is 0 Å². The maximum Gasteiger partial charge on any atom is 0.206 e. The number of rotatable bonds is 6. The van der Waals surface area contributed by atoms with Crippen LogP contribution in [0.2, 0.25) is 25.7 Å². The van der Waals surface area contributed by atoms with Gasteiger partial charge >= 0.3 is 0 Å². The normalized spacial score (nSPS) is 11.8. The van der Waals surface area contributed by atoms with Gasteiger partial charge in [-0.2, -0.15) is 0 Å². The number of benzene rings is 1. The van der Waals surface area contributed by atoms with E-state index >= 15 is 0 Å². The highest BCUT2D eigenvalue weighted by Gasteiger charge is 2.13. The molecule has 1 aromatic carbocycles. The smallest absolute Gasteiger partial charge is 0.206 e. The van der Waals surface area contributed by atoms with Crippen LogP contribution >= 0.6 is 15.9 Å². The van der Waals surface area contributed by atoms with Crippen LogP contribution in [0.4, 0.5) is 5.69 Å². The summed E-state index contributed by atoms with van der Waals surface area (Å²) in [5.74, 6) is 0.531. The maximum absolute atomic E-state index is 5.79. The summed E-state index contributed by atoms with van der Waals surface area (Å²) in [7, 11) is -1.07. The van der Waals surface area contributed by atoms with Crippen molar-refractivity contribution in [3.63, 3.8) is 0 Å². The lowest BCUT2D eigenvalue weighted by Crippen LogP contribution is -2.22. The summed E-state index contributed by atoms with van der Waals surface area (Å²) >= 11 is 3.46. The van der Waals surface area contributed by atoms with Crippen LogP contribution in [-0.2, 0) is 11.5 Å². The predicted octanol–water partition coefficient (Wildman–Crippen LogP) is 3.00. The lowest BCUT2D eigenvalue weighted by molar-refractivity contribution is 0.0674. The second kappa shape index (κ2) is 6.67. The molecule has 0 amide bonds. The molecule has 0 aliphatic carbocycles. The third-order valence-electron chi connectivity index (χ3n) is 2.89. The molecule has 0 unspecified atom stereocenters. The molecule has 114 valence electrons. The molecule has 1 aromatic heterocycles. The van der Waals surface area contributed by atoms with E-state index in [2.05, 4.69) is 51.0 Å². The molecule has 2 rings (SSSR count). The van der Waals surface area contributed by atoms with Crippen LogP contribution in [0.5, 0.6) is 0 Å². The van der Waals surface area contributed by atoms with Crippen LogP contribution < -0.4 is 5.73 Å². The van der Waals surface area contributed by atoms with Gasteiger partial charge in [0.25, 0.3) is 0 Å². The number of hydrogen-bond donors (Lipinski definition) is 1. The van der Waals surface area contributed by atoms with E-state index < -0.39 is 8.07 Å². The van der Waals surface area contributed by atoms with Gasteiger partial charge in [0.15, 0.2) is 6.73 Å². The summed E-state index contributed by atoms with van der Waals surface area (Å²) in [4.78, 5) is 1.45. The topological polar surface area (TPSA) is 78.8 Å². The molecule has 0 saturated heterocycles. The van der Waals surface area contributed by atoms with E-state index in [-0.39, 0.29) is 0 Å². The van der Waals surface area contributed by atoms with Crippen molar-refractivity contribution in [2.75, 3.05) is 12.3 Å². The SMILES string of the molecule is C[Si](C)(C)CCOCn1nnc(-c2cc(N)ccc2Br)n1. The standard InChI is InChI=1S/C13H20BrN5OSi/c1-21(2,3)7-6-20-9-19-17-13(16-18-19)11-8-10(15)4-5-12(11)14/h4-5,8H,6-7,9,15H2,1-3H3. The molecule has 0 bridgehead atoms. The zero-order chi connectivity index (χ0) is 15.5. The second-order valence-corrected chi connectivity index (χ2v) is 12.5. The minimum atomic E-state index is -1.07. The van der Waals surface area contributed by atoms with Gasteiger partial charge in [-0.05, 0) is 29.5 Å². The summed E-state index contributed by atoms with van der Waals surface area (Å²) in [6.07, 6.45) is 0. The van der Waals surface area contributed by atoms with E-state index in [0.29, 0.717) is 18.2 Å². The summed E-state index contributed by atoms with van der Waals surface area (Å²) in [5, 5.41) is 12.4. The van der Waals surface area contributed by atoms with Crippen molar-refractivity contribution in [2.45, 2.75) is 32.4 Å². The predicted molar refractivity (Wildman–Crippen MR) is 89.5 cm³/mol. The van der Waals surface area contributed by atoms with Gasteiger partial charge in [0.05, 0.1) is 0 Å². The Labute approximate surface area is 133 Å². The minimum absolute atomic E-state index is 0.317. The van der Waals surface area contributed by atoms with Crippen LogP contribution in [0, 0.1) is 0 Å². The molecule has 1 heterocycles. The van der Waals surface area contributed by atoms with Crippen LogP contribution in [0.15, 0.2) is 22.7 Å². The van der Waals surface area contributed by atoms with Gasteiger partial charge in [0.1, 0.15) is 0 Å². The quantitative estimate of drug-likeness (QED) is 0.480. The molecule has 2 N–H and O–H groups in total. The first kappa shape index (κ1) is 16.1. The minimum Gasteiger partial charge on any atom is -0.399 e. The molecule has 21 heavy (non-hydrogen) atoms. The summed E-state index contributed by atoms with van der Waals surface area (Å²) in [5.41, 5.74) is 7.27. The Balaban J connectivity index is 1.97. The fraction of sp³-hybridized carbons (Fsp3) is 0.462. The highest BCUT2D eigenvalue weighted by molar-refractivity contribution is 9.10. The lowest BCUT2D eigenvalue weighted by Gasteiger charge is -2.14. The van der Waals surface area contributed by atoms with Crippen molar-refractivity contribution in [1.29, 1.82) is 0 Å². The number of ether oxygens (including phenoxy) is 1. The van der Waals surface area contributed by atoms with Gasteiger partial charge in [-0.25, -0.2) is 0 Å². The molecule has 0 saturated carbocycles. The monoisotopic (exact) mass is 369 g/mol. The van der Waals surface area contributed by atoms with E-state index in [1.807, 2.05) is 18.2 Å². The van der Waals surface area contributed by atoms with Crippen LogP contribution in [0.25, 0.3) is 11.4 Å². The molecule has 0 aliphatic rings. The van der Waals surface area contributed by atoms with E-state index in [1.165, 1.54) is 4.80 Å². The van der Waals surface area contributed by atoms with Crippen molar-refractivity contribution < 1.29 is 4.74 Å². The molecule has 2 aromatic rings. The average molecular weight is 370 g/mol. The lowest BCUT2D eigenvalue weighted by atomic mass is 10.2. The number of tetrazole rings is 1. The first-order valence-electron chi connectivity index (χ1n) is 6.76. The summed E-state index contributed by atoms with van der Waals surface area (Å²) < 4.78 is 6.48. The molecule has 0 atom stereocenters. The van der Waals surface area contributed by atoms with Crippen molar-refractivity contribution >= 4 is 29.7 Å². The van der Waals surface area contributed by atoms with Gasteiger partial charge in [0, 0.05) is 30.4 Å². The van der Waals surface area contributed by atoms with Crippen LogP contribution in [0.1, 0.15) is 0 Å². The summed E-state index contributed by atoms with van der Waals surface area (Å²) in [6, 6.07) is 6.63. The Morgan fingerprint density at radius 3 is 2.81 bits per heavy atom. The van der Waals surface area contributed by atoms with Gasteiger partial charge in [-0.1, -0.05) is 35.6 Å². The first-order chi connectivity index (χ1) is 9.85. The second-order valence-electron chi connectivity index (χ2n) is 6.07. The van der Waals surface area contributed by atoms with E-state index in [9.17, 15) is 0 Å². The first-order valence-corrected chi connectivity index (χ1v) is 11.3. The highest BCUT2D eigenvalue weighted by atomic mass is 79.9. The van der Waals surface area contributed by atoms with Gasteiger partial charge < -0.3 is 10.5 Å². The Kier molecular flexibility index (Phi) is 5.12. The Hall–Kier alpha value is -1.25. The number of nitrogen functional groups attached to an aromatic ring is 1. The third kappa shape index (κ3) is 4.90. The zero-order valence-corrected chi connectivity index (χ0v) is 15.1. The highest BCUT2D eigenvalue weighted by Crippen LogP contribution is 2.27. The van der Waals surface area contributed by atoms with Crippen LogP contribution in [0.3, 0.4) is 0 Å². The van der Waals surface area contributed by atoms with Crippen molar-refractivity contribution in [1.82, 2.24) is 20.2 Å². The van der Waals surface area contributed by atoms with Gasteiger partial charge in [0.2, 0.25) is 5.82 Å². The molecule has 0 radical (unpaired) electrons. The fourth-order valence-electron chi connectivity index (χ4n) is 1.64. The maximum atomic E-state index is 5.79. The van der Waals surface area contributed by atoms with E-state index in [0.717, 1.165) is 22.7 Å². The van der Waals surface area contributed by atoms with Crippen molar-refractivity contribution in [3.8, 4) is 11.4 Å². The molecule has 8 heteroatoms. The molecule has 0 aliphatic heterocycles. The molecule has 6 nitrogen and oxygen atoms in total. The number of hydrogen-bond acceptors (Lipinski definition) is 5. The number of anilines is 1. The van der Waals surface area contributed by atoms with Gasteiger partial charge in [-0.15, -0.1) is 15.0 Å². The summed E-state index contributed by atoms with van der Waals surface area (Å²) in [6.45, 7) is 8.00. The Morgan fingerprint density at radius 2 is 2.10 bits per heavy atom. The molecular weight excluding hydrogens is 350 g/mol. The number of nitrogens with zero attached hydrogens (tertiary/aromatic N) is 4. The van der Waals surface area contributed by atoms with Crippen LogP contribution in [-0.4, -0.2) is 34.9 Å². The Morgan fingerprint density at radius 1 is 1.33 bits per heavy atom. The fourth-order valence-corrected chi connectivity index (χ4v) is 2.83. The number of nitrogens with two attached hydrogens (primary N) is 1. The van der Waals surface area contributed by atoms with Crippen molar-refractivity contribution in [3.05, 3.63) is 22.7 Å². The number of aromatic nitrogens is 4. The Bertz CT molecular complexity index is 611. The largest absolute Gasteiger partial charge is 0.399 e. The third-order valence-corrected chi connectivity index (χ3v) is 5.28. The molecule has 0 spiro atoms. The zero-order valence-electron chi connectivity index (χ0n) is 12.5. The molecule has 0 fully saturated rings.